The Hall–Kier alpha value is -3.91. The first-order chi connectivity index (χ1) is 20.4. The number of alkyl halides is 1. The number of likely N-dealkylation sites (tertiary alicyclic amines) is 1. The van der Waals surface area contributed by atoms with Gasteiger partial charge in [0.25, 0.3) is 0 Å². The summed E-state index contributed by atoms with van der Waals surface area (Å²) in [6.07, 6.45) is 2.50. The number of fused-ring (bicyclic) bond motifs is 1. The highest BCUT2D eigenvalue weighted by atomic mass is 32.2. The van der Waals surface area contributed by atoms with Crippen molar-refractivity contribution >= 4 is 39.3 Å². The summed E-state index contributed by atoms with van der Waals surface area (Å²) in [6, 6.07) is 7.81. The van der Waals surface area contributed by atoms with E-state index in [2.05, 4.69) is 29.9 Å². The van der Waals surface area contributed by atoms with Gasteiger partial charge in [0.15, 0.2) is 0 Å². The van der Waals surface area contributed by atoms with E-state index in [0.717, 1.165) is 5.56 Å². The molecule has 2 atom stereocenters. The van der Waals surface area contributed by atoms with Crippen molar-refractivity contribution in [2.75, 3.05) is 32.9 Å². The van der Waals surface area contributed by atoms with Crippen molar-refractivity contribution in [1.82, 2.24) is 19.9 Å². The molecule has 0 unspecified atom stereocenters. The molecule has 0 aliphatic carbocycles. The van der Waals surface area contributed by atoms with Gasteiger partial charge in [0.1, 0.15) is 23.6 Å². The molecule has 1 fully saturated rings. The van der Waals surface area contributed by atoms with E-state index < -0.39 is 22.0 Å². The Morgan fingerprint density at radius 1 is 1.00 bits per heavy atom. The summed E-state index contributed by atoms with van der Waals surface area (Å²) in [5.74, 6) is 0.121. The molecule has 2 aromatic heterocycles. The molecule has 230 valence electrons. The number of hydrogen-bond acceptors (Lipinski definition) is 8. The molecule has 0 bridgehead atoms. The van der Waals surface area contributed by atoms with Crippen molar-refractivity contribution in [1.29, 1.82) is 0 Å². The van der Waals surface area contributed by atoms with Crippen LogP contribution in [0.3, 0.4) is 0 Å². The Bertz CT molecular complexity index is 1550. The summed E-state index contributed by atoms with van der Waals surface area (Å²) >= 11 is 0. The molecular weight excluding hydrogens is 578 g/mol. The van der Waals surface area contributed by atoms with E-state index in [1.54, 1.807) is 17.2 Å². The first kappa shape index (κ1) is 30.5. The van der Waals surface area contributed by atoms with Crippen LogP contribution in [0.15, 0.2) is 48.8 Å². The van der Waals surface area contributed by atoms with Gasteiger partial charge in [0.05, 0.1) is 24.2 Å². The Morgan fingerprint density at radius 3 is 2.40 bits per heavy atom. The minimum atomic E-state index is -3.80. The zero-order valence-electron chi connectivity index (χ0n) is 24.5. The van der Waals surface area contributed by atoms with Gasteiger partial charge >= 0.3 is 6.03 Å². The summed E-state index contributed by atoms with van der Waals surface area (Å²) in [6.45, 7) is 9.11. The van der Waals surface area contributed by atoms with Crippen LogP contribution in [0.25, 0.3) is 0 Å². The number of carbonyl (C=O) groups excluding carboxylic acids is 1. The van der Waals surface area contributed by atoms with Crippen LogP contribution in [0.1, 0.15) is 45.2 Å². The lowest BCUT2D eigenvalue weighted by molar-refractivity contribution is 0.103. The van der Waals surface area contributed by atoms with Gasteiger partial charge in [-0.3, -0.25) is 19.4 Å². The zero-order chi connectivity index (χ0) is 30.9. The van der Waals surface area contributed by atoms with E-state index in [9.17, 15) is 22.0 Å². The monoisotopic (exact) mass is 614 g/mol. The maximum atomic E-state index is 14.4. The maximum absolute atomic E-state index is 14.4. The second-order valence-electron chi connectivity index (χ2n) is 11.5. The number of nitrogens with zero attached hydrogens (tertiary/aromatic N) is 6. The highest BCUT2D eigenvalue weighted by Gasteiger charge is 2.35. The number of hydrogen-bond donors (Lipinski definition) is 2. The number of piperidine rings is 1. The minimum Gasteiger partial charge on any atom is -0.350 e. The number of rotatable bonds is 9. The van der Waals surface area contributed by atoms with Gasteiger partial charge in [-0.05, 0) is 57.5 Å². The van der Waals surface area contributed by atoms with Crippen molar-refractivity contribution < 1.29 is 22.0 Å². The highest BCUT2D eigenvalue weighted by Crippen LogP contribution is 2.32. The summed E-state index contributed by atoms with van der Waals surface area (Å²) in [5.41, 5.74) is 1.62. The number of sulfonamides is 1. The van der Waals surface area contributed by atoms with Gasteiger partial charge in [-0.15, -0.1) is 0 Å². The topological polar surface area (TPSA) is 124 Å². The van der Waals surface area contributed by atoms with Crippen LogP contribution < -0.4 is 19.8 Å². The molecule has 0 radical (unpaired) electrons. The molecule has 11 nitrogen and oxygen atoms in total. The summed E-state index contributed by atoms with van der Waals surface area (Å²) in [4.78, 5) is 32.2. The van der Waals surface area contributed by atoms with E-state index in [1.807, 2.05) is 27.7 Å². The molecule has 5 rings (SSSR count). The fourth-order valence-corrected chi connectivity index (χ4v) is 6.44. The molecule has 43 heavy (non-hydrogen) atoms. The van der Waals surface area contributed by atoms with E-state index in [4.69, 9.17) is 0 Å². The van der Waals surface area contributed by atoms with Gasteiger partial charge in [-0.1, -0.05) is 12.1 Å². The third-order valence-electron chi connectivity index (χ3n) is 7.43. The SMILES string of the molecule is CC(C)N1C[C@@H](F)C[C@H](Nc2ncc3c(n2)N(C(C)C)C(=O)N(c2ccc(NS(=O)(=O)Cc4ccc(F)cc4)nc2)C3)C1. The van der Waals surface area contributed by atoms with Crippen molar-refractivity contribution in [2.45, 2.75) is 70.7 Å². The lowest BCUT2D eigenvalue weighted by Crippen LogP contribution is -2.51. The smallest absolute Gasteiger partial charge is 0.330 e. The third-order valence-corrected chi connectivity index (χ3v) is 8.67. The Morgan fingerprint density at radius 2 is 1.74 bits per heavy atom. The van der Waals surface area contributed by atoms with Crippen molar-refractivity contribution in [3.63, 3.8) is 0 Å². The normalized spacial score (nSPS) is 19.6. The number of nitrogens with one attached hydrogen (secondary N) is 2. The van der Waals surface area contributed by atoms with Crippen LogP contribution >= 0.6 is 0 Å². The molecule has 2 N–H and O–H groups in total. The number of amides is 2. The Balaban J connectivity index is 1.31. The molecule has 3 aromatic rings. The lowest BCUT2D eigenvalue weighted by Gasteiger charge is -2.39. The number of urea groups is 1. The zero-order valence-corrected chi connectivity index (χ0v) is 25.4. The van der Waals surface area contributed by atoms with Crippen LogP contribution in [-0.2, 0) is 22.3 Å². The van der Waals surface area contributed by atoms with Crippen molar-refractivity contribution in [3.8, 4) is 0 Å². The van der Waals surface area contributed by atoms with Crippen molar-refractivity contribution in [2.24, 2.45) is 0 Å². The Labute approximate surface area is 250 Å². The average molecular weight is 615 g/mol. The van der Waals surface area contributed by atoms with Gasteiger partial charge in [-0.25, -0.2) is 32.0 Å². The fraction of sp³-hybridized carbons (Fsp3) is 0.448. The standard InChI is InChI=1S/C29H36F2N8O3S/c1-18(2)37-15-23(31)11-24(16-37)34-28-33-12-21-14-38(29(40)39(19(3)4)27(21)35-28)25-9-10-26(32-13-25)36-43(41,42)17-20-5-7-22(30)8-6-20/h5-10,12-13,18-19,23-24H,11,14-17H2,1-4H3,(H,32,36)(H,33,34,35)/t23-,24-/m0/s1. The van der Waals surface area contributed by atoms with E-state index in [0.29, 0.717) is 42.5 Å². The van der Waals surface area contributed by atoms with Crippen LogP contribution in [0.2, 0.25) is 0 Å². The van der Waals surface area contributed by atoms with Crippen LogP contribution in [0.4, 0.5) is 36.8 Å². The van der Waals surface area contributed by atoms with Crippen molar-refractivity contribution in [3.05, 3.63) is 65.7 Å². The molecule has 1 saturated heterocycles. The molecular formula is C29H36F2N8O3S. The molecule has 14 heteroatoms. The largest absolute Gasteiger partial charge is 0.350 e. The third kappa shape index (κ3) is 7.19. The lowest BCUT2D eigenvalue weighted by atomic mass is 10.0. The summed E-state index contributed by atoms with van der Waals surface area (Å²) < 4.78 is 55.2. The second-order valence-corrected chi connectivity index (χ2v) is 13.2. The number of anilines is 4. The average Bonchev–Trinajstić information content (AvgIpc) is 2.93. The molecule has 4 heterocycles. The predicted octanol–water partition coefficient (Wildman–Crippen LogP) is 4.54. The van der Waals surface area contributed by atoms with Gasteiger partial charge in [0, 0.05) is 49.4 Å². The predicted molar refractivity (Wildman–Crippen MR) is 162 cm³/mol. The molecule has 2 aliphatic heterocycles. The summed E-state index contributed by atoms with van der Waals surface area (Å²) in [7, 11) is -3.80. The molecule has 1 aromatic carbocycles. The minimum absolute atomic E-state index is 0.0877. The fourth-order valence-electron chi connectivity index (χ4n) is 5.29. The molecule has 2 amide bonds. The number of benzene rings is 1. The number of carbonyl (C=O) groups is 1. The first-order valence-corrected chi connectivity index (χ1v) is 15.9. The molecule has 0 saturated carbocycles. The van der Waals surface area contributed by atoms with Crippen LogP contribution in [0, 0.1) is 5.82 Å². The van der Waals surface area contributed by atoms with Crippen LogP contribution in [-0.4, -0.2) is 71.7 Å². The second kappa shape index (κ2) is 12.4. The Kier molecular flexibility index (Phi) is 8.79. The maximum Gasteiger partial charge on any atom is 0.330 e. The number of aromatic nitrogens is 3. The van der Waals surface area contributed by atoms with E-state index in [1.165, 1.54) is 41.4 Å². The number of pyridine rings is 1. The summed E-state index contributed by atoms with van der Waals surface area (Å²) in [5, 5.41) is 3.27. The molecule has 2 aliphatic rings. The molecule has 0 spiro atoms. The highest BCUT2D eigenvalue weighted by molar-refractivity contribution is 7.91. The van der Waals surface area contributed by atoms with E-state index >= 15 is 0 Å². The number of halogens is 2. The quantitative estimate of drug-likeness (QED) is 0.360. The first-order valence-electron chi connectivity index (χ1n) is 14.2. The van der Waals surface area contributed by atoms with Gasteiger partial charge < -0.3 is 5.32 Å². The van der Waals surface area contributed by atoms with E-state index in [-0.39, 0.29) is 42.3 Å². The van der Waals surface area contributed by atoms with Crippen LogP contribution in [0.5, 0.6) is 0 Å². The van der Waals surface area contributed by atoms with Gasteiger partial charge in [-0.2, -0.15) is 4.98 Å². The van der Waals surface area contributed by atoms with Gasteiger partial charge in [0.2, 0.25) is 16.0 Å².